The number of aryl methyl sites for hydroxylation is 1. The third kappa shape index (κ3) is 1.05. The maximum Gasteiger partial charge on any atom is 0.174 e. The summed E-state index contributed by atoms with van der Waals surface area (Å²) in [6, 6.07) is 0. The molecule has 0 atom stereocenters. The van der Waals surface area contributed by atoms with Crippen molar-refractivity contribution in [1.29, 1.82) is 0 Å². The average Bonchev–Trinajstić information content (AvgIpc) is 2.15. The van der Waals surface area contributed by atoms with E-state index in [1.54, 1.807) is 4.68 Å². The SMILES string of the molecule is CCn1nnc(Cl)c1C. The van der Waals surface area contributed by atoms with Gasteiger partial charge in [-0.2, -0.15) is 0 Å². The molecule has 4 heteroatoms. The van der Waals surface area contributed by atoms with Crippen LogP contribution in [0.15, 0.2) is 0 Å². The van der Waals surface area contributed by atoms with E-state index >= 15 is 0 Å². The minimum atomic E-state index is 0.497. The highest BCUT2D eigenvalue weighted by atomic mass is 35.5. The Bertz CT molecular complexity index is 206. The fraction of sp³-hybridized carbons (Fsp3) is 0.600. The highest BCUT2D eigenvalue weighted by molar-refractivity contribution is 6.29. The molecule has 3 nitrogen and oxygen atoms in total. The zero-order chi connectivity index (χ0) is 6.85. The molecule has 0 fully saturated rings. The summed E-state index contributed by atoms with van der Waals surface area (Å²) in [5, 5.41) is 7.93. The molecule has 1 aromatic rings. The quantitative estimate of drug-likeness (QED) is 0.596. The van der Waals surface area contributed by atoms with E-state index in [4.69, 9.17) is 11.6 Å². The van der Waals surface area contributed by atoms with Gasteiger partial charge in [0.25, 0.3) is 0 Å². The minimum absolute atomic E-state index is 0.497. The van der Waals surface area contributed by atoms with Crippen LogP contribution in [-0.4, -0.2) is 15.0 Å². The van der Waals surface area contributed by atoms with Crippen molar-refractivity contribution >= 4 is 11.6 Å². The molecule has 0 saturated carbocycles. The Morgan fingerprint density at radius 2 is 2.33 bits per heavy atom. The molecule has 1 aromatic heterocycles. The van der Waals surface area contributed by atoms with Crippen molar-refractivity contribution in [1.82, 2.24) is 15.0 Å². The lowest BCUT2D eigenvalue weighted by Gasteiger charge is -1.93. The third-order valence-corrected chi connectivity index (χ3v) is 1.57. The van der Waals surface area contributed by atoms with Crippen LogP contribution in [0.5, 0.6) is 0 Å². The number of halogens is 1. The van der Waals surface area contributed by atoms with Crippen LogP contribution in [0.25, 0.3) is 0 Å². The van der Waals surface area contributed by atoms with Crippen molar-refractivity contribution in [2.75, 3.05) is 0 Å². The molecule has 0 aromatic carbocycles. The topological polar surface area (TPSA) is 30.7 Å². The summed E-state index contributed by atoms with van der Waals surface area (Å²) in [5.41, 5.74) is 0.930. The predicted molar refractivity (Wildman–Crippen MR) is 35.4 cm³/mol. The second kappa shape index (κ2) is 2.35. The molecule has 0 aliphatic heterocycles. The molecule has 1 rings (SSSR count). The summed E-state index contributed by atoms with van der Waals surface area (Å²) in [4.78, 5) is 0. The number of nitrogens with zero attached hydrogens (tertiary/aromatic N) is 3. The van der Waals surface area contributed by atoms with Gasteiger partial charge in [-0.15, -0.1) is 5.10 Å². The van der Waals surface area contributed by atoms with Crippen LogP contribution in [0.1, 0.15) is 12.6 Å². The normalized spacial score (nSPS) is 10.1. The highest BCUT2D eigenvalue weighted by Crippen LogP contribution is 2.08. The van der Waals surface area contributed by atoms with Crippen LogP contribution in [-0.2, 0) is 6.54 Å². The van der Waals surface area contributed by atoms with Crippen LogP contribution in [0.2, 0.25) is 5.15 Å². The number of hydrogen-bond acceptors (Lipinski definition) is 2. The lowest BCUT2D eigenvalue weighted by Crippen LogP contribution is -1.98. The molecular formula is C5H8ClN3. The average molecular weight is 146 g/mol. The van der Waals surface area contributed by atoms with Gasteiger partial charge in [-0.25, -0.2) is 4.68 Å². The molecule has 9 heavy (non-hydrogen) atoms. The van der Waals surface area contributed by atoms with Crippen molar-refractivity contribution in [3.05, 3.63) is 10.8 Å². The van der Waals surface area contributed by atoms with Crippen molar-refractivity contribution in [2.24, 2.45) is 0 Å². The Kier molecular flexibility index (Phi) is 1.71. The smallest absolute Gasteiger partial charge is 0.174 e. The first-order valence-corrected chi connectivity index (χ1v) is 3.19. The van der Waals surface area contributed by atoms with Gasteiger partial charge in [0.2, 0.25) is 0 Å². The Labute approximate surface area is 58.6 Å². The summed E-state index contributed by atoms with van der Waals surface area (Å²) < 4.78 is 1.75. The van der Waals surface area contributed by atoms with E-state index in [0.717, 1.165) is 12.2 Å². The lowest BCUT2D eigenvalue weighted by molar-refractivity contribution is 0.611. The monoisotopic (exact) mass is 145 g/mol. The van der Waals surface area contributed by atoms with E-state index in [-0.39, 0.29) is 0 Å². The van der Waals surface area contributed by atoms with Gasteiger partial charge in [-0.05, 0) is 13.8 Å². The Morgan fingerprint density at radius 1 is 1.67 bits per heavy atom. The summed E-state index contributed by atoms with van der Waals surface area (Å²) in [5.74, 6) is 0. The van der Waals surface area contributed by atoms with Gasteiger partial charge in [-0.1, -0.05) is 16.8 Å². The largest absolute Gasteiger partial charge is 0.248 e. The molecular weight excluding hydrogens is 138 g/mol. The maximum atomic E-state index is 5.61. The Hall–Kier alpha value is -0.570. The summed E-state index contributed by atoms with van der Waals surface area (Å²) in [7, 11) is 0. The molecule has 0 saturated heterocycles. The van der Waals surface area contributed by atoms with Crippen LogP contribution in [0.4, 0.5) is 0 Å². The second-order valence-electron chi connectivity index (χ2n) is 1.78. The first kappa shape index (κ1) is 6.55. The molecule has 0 aliphatic carbocycles. The number of rotatable bonds is 1. The van der Waals surface area contributed by atoms with E-state index in [0.29, 0.717) is 5.15 Å². The van der Waals surface area contributed by atoms with Crippen molar-refractivity contribution in [2.45, 2.75) is 20.4 Å². The van der Waals surface area contributed by atoms with Gasteiger partial charge in [-0.3, -0.25) is 0 Å². The first-order valence-electron chi connectivity index (χ1n) is 2.81. The van der Waals surface area contributed by atoms with Crippen LogP contribution in [0, 0.1) is 6.92 Å². The molecule has 1 heterocycles. The highest BCUT2D eigenvalue weighted by Gasteiger charge is 2.01. The van der Waals surface area contributed by atoms with E-state index in [2.05, 4.69) is 10.3 Å². The molecule has 0 aliphatic rings. The Morgan fingerprint density at radius 3 is 2.56 bits per heavy atom. The zero-order valence-corrected chi connectivity index (χ0v) is 6.18. The molecule has 0 unspecified atom stereocenters. The molecule has 0 radical (unpaired) electrons. The minimum Gasteiger partial charge on any atom is -0.248 e. The molecule has 0 N–H and O–H groups in total. The molecule has 0 spiro atoms. The van der Waals surface area contributed by atoms with Crippen molar-refractivity contribution < 1.29 is 0 Å². The van der Waals surface area contributed by atoms with Crippen molar-refractivity contribution in [3.63, 3.8) is 0 Å². The number of aromatic nitrogens is 3. The van der Waals surface area contributed by atoms with E-state index in [9.17, 15) is 0 Å². The van der Waals surface area contributed by atoms with Crippen LogP contribution < -0.4 is 0 Å². The molecule has 0 bridgehead atoms. The van der Waals surface area contributed by atoms with E-state index in [1.807, 2.05) is 13.8 Å². The standard InChI is InChI=1S/C5H8ClN3/c1-3-9-4(2)5(6)7-8-9/h3H2,1-2H3. The van der Waals surface area contributed by atoms with Gasteiger partial charge < -0.3 is 0 Å². The summed E-state index contributed by atoms with van der Waals surface area (Å²) in [6.07, 6.45) is 0. The molecule has 0 amide bonds. The number of hydrogen-bond donors (Lipinski definition) is 0. The van der Waals surface area contributed by atoms with Gasteiger partial charge in [0.05, 0.1) is 5.69 Å². The fourth-order valence-electron chi connectivity index (χ4n) is 0.640. The summed E-state index contributed by atoms with van der Waals surface area (Å²) in [6.45, 7) is 4.72. The van der Waals surface area contributed by atoms with Crippen LogP contribution in [0.3, 0.4) is 0 Å². The van der Waals surface area contributed by atoms with Gasteiger partial charge in [0.15, 0.2) is 5.15 Å². The van der Waals surface area contributed by atoms with Gasteiger partial charge >= 0.3 is 0 Å². The van der Waals surface area contributed by atoms with E-state index in [1.165, 1.54) is 0 Å². The second-order valence-corrected chi connectivity index (χ2v) is 2.14. The van der Waals surface area contributed by atoms with Crippen molar-refractivity contribution in [3.8, 4) is 0 Å². The fourth-order valence-corrected chi connectivity index (χ4v) is 0.771. The third-order valence-electron chi connectivity index (χ3n) is 1.23. The summed E-state index contributed by atoms with van der Waals surface area (Å²) >= 11 is 5.61. The predicted octanol–water partition coefficient (Wildman–Crippen LogP) is 1.26. The lowest BCUT2D eigenvalue weighted by atomic mass is 10.5. The van der Waals surface area contributed by atoms with E-state index < -0.39 is 0 Å². The van der Waals surface area contributed by atoms with Gasteiger partial charge in [0, 0.05) is 6.54 Å². The zero-order valence-electron chi connectivity index (χ0n) is 5.43. The first-order chi connectivity index (χ1) is 4.25. The van der Waals surface area contributed by atoms with Crippen LogP contribution >= 0.6 is 11.6 Å². The molecule has 50 valence electrons. The maximum absolute atomic E-state index is 5.61. The Balaban J connectivity index is 3.04. The van der Waals surface area contributed by atoms with Gasteiger partial charge in [0.1, 0.15) is 0 Å².